The number of rotatable bonds is 8. The molecule has 0 aliphatic heterocycles. The Morgan fingerprint density at radius 3 is 2.48 bits per heavy atom. The highest BCUT2D eigenvalue weighted by Gasteiger charge is 2.42. The van der Waals surface area contributed by atoms with Gasteiger partial charge in [0.2, 0.25) is 0 Å². The molecule has 0 radical (unpaired) electrons. The van der Waals surface area contributed by atoms with Crippen LogP contribution in [0, 0.1) is 17.3 Å². The Kier molecular flexibility index (Phi) is 4.04. The van der Waals surface area contributed by atoms with Gasteiger partial charge in [-0.15, -0.1) is 0 Å². The predicted octanol–water partition coefficient (Wildman–Crippen LogP) is 3.81. The summed E-state index contributed by atoms with van der Waals surface area (Å²) >= 11 is 0. The molecule has 0 aromatic heterocycles. The molecule has 0 bridgehead atoms. The molecule has 2 nitrogen and oxygen atoms in total. The zero-order chi connectivity index (χ0) is 14.3. The molecular weight excluding hydrogens is 256 g/mol. The molecule has 2 atom stereocenters. The van der Waals surface area contributed by atoms with E-state index in [9.17, 15) is 0 Å². The number of hydrogen-bond acceptors (Lipinski definition) is 2. The summed E-state index contributed by atoms with van der Waals surface area (Å²) in [6.45, 7) is 6.62. The topological polar surface area (TPSA) is 15.3 Å². The van der Waals surface area contributed by atoms with Crippen LogP contribution in [0.4, 0.5) is 0 Å². The number of nitrogens with one attached hydrogen (secondary N) is 1. The van der Waals surface area contributed by atoms with Gasteiger partial charge in [0.05, 0.1) is 0 Å². The fourth-order valence-corrected chi connectivity index (χ4v) is 4.62. The molecule has 4 saturated carbocycles. The standard InChI is InChI=1S/C19H34N2/c1-15-3-2-10-19(11-15,13-20-17-6-7-17)14-21(18-8-9-18)12-16-4-5-16/h15-18,20H,2-14H2,1H3. The lowest BCUT2D eigenvalue weighted by atomic mass is 9.69. The van der Waals surface area contributed by atoms with Crippen LogP contribution in [-0.4, -0.2) is 36.6 Å². The van der Waals surface area contributed by atoms with Gasteiger partial charge in [-0.25, -0.2) is 0 Å². The molecule has 4 fully saturated rings. The molecule has 0 heterocycles. The molecule has 2 unspecified atom stereocenters. The van der Waals surface area contributed by atoms with Crippen molar-refractivity contribution >= 4 is 0 Å². The van der Waals surface area contributed by atoms with Gasteiger partial charge in [0.1, 0.15) is 0 Å². The molecule has 0 aromatic rings. The van der Waals surface area contributed by atoms with Gasteiger partial charge < -0.3 is 5.32 Å². The highest BCUT2D eigenvalue weighted by molar-refractivity contribution is 4.97. The van der Waals surface area contributed by atoms with E-state index in [0.29, 0.717) is 5.41 Å². The minimum Gasteiger partial charge on any atom is -0.313 e. The van der Waals surface area contributed by atoms with Crippen molar-refractivity contribution in [3.05, 3.63) is 0 Å². The Hall–Kier alpha value is -0.0800. The first kappa shape index (κ1) is 14.5. The van der Waals surface area contributed by atoms with E-state index in [4.69, 9.17) is 0 Å². The second-order valence-corrected chi connectivity index (χ2v) is 8.96. The van der Waals surface area contributed by atoms with Gasteiger partial charge in [-0.3, -0.25) is 4.90 Å². The largest absolute Gasteiger partial charge is 0.313 e. The van der Waals surface area contributed by atoms with E-state index in [0.717, 1.165) is 23.9 Å². The van der Waals surface area contributed by atoms with Crippen molar-refractivity contribution in [2.45, 2.75) is 83.2 Å². The maximum atomic E-state index is 3.89. The summed E-state index contributed by atoms with van der Waals surface area (Å²) in [6.07, 6.45) is 14.7. The molecule has 0 amide bonds. The van der Waals surface area contributed by atoms with Crippen molar-refractivity contribution in [2.75, 3.05) is 19.6 Å². The zero-order valence-electron chi connectivity index (χ0n) is 13.9. The van der Waals surface area contributed by atoms with Gasteiger partial charge in [0.15, 0.2) is 0 Å². The van der Waals surface area contributed by atoms with Crippen LogP contribution < -0.4 is 5.32 Å². The van der Waals surface area contributed by atoms with Crippen molar-refractivity contribution in [3.63, 3.8) is 0 Å². The molecular formula is C19H34N2. The Morgan fingerprint density at radius 2 is 1.86 bits per heavy atom. The first-order valence-corrected chi connectivity index (χ1v) is 9.70. The van der Waals surface area contributed by atoms with Crippen LogP contribution in [0.15, 0.2) is 0 Å². The van der Waals surface area contributed by atoms with Crippen LogP contribution in [0.2, 0.25) is 0 Å². The van der Waals surface area contributed by atoms with Gasteiger partial charge in [0.25, 0.3) is 0 Å². The van der Waals surface area contributed by atoms with Gasteiger partial charge in [-0.05, 0) is 68.6 Å². The zero-order valence-corrected chi connectivity index (χ0v) is 13.9. The molecule has 4 aliphatic rings. The average Bonchev–Trinajstić information content (AvgIpc) is 3.31. The summed E-state index contributed by atoms with van der Waals surface area (Å²) in [7, 11) is 0. The first-order chi connectivity index (χ1) is 10.2. The molecule has 4 rings (SSSR count). The maximum Gasteiger partial charge on any atom is 0.00967 e. The van der Waals surface area contributed by atoms with Crippen molar-refractivity contribution in [1.29, 1.82) is 0 Å². The third kappa shape index (κ3) is 4.01. The number of nitrogens with zero attached hydrogens (tertiary/aromatic N) is 1. The molecule has 2 heteroatoms. The van der Waals surface area contributed by atoms with Crippen LogP contribution in [0.3, 0.4) is 0 Å². The lowest BCUT2D eigenvalue weighted by Gasteiger charge is -2.44. The monoisotopic (exact) mass is 290 g/mol. The molecule has 120 valence electrons. The first-order valence-electron chi connectivity index (χ1n) is 9.70. The van der Waals surface area contributed by atoms with E-state index in [2.05, 4.69) is 17.1 Å². The Morgan fingerprint density at radius 1 is 1.05 bits per heavy atom. The normalized spacial score (nSPS) is 37.1. The second kappa shape index (κ2) is 5.85. The third-order valence-corrected chi connectivity index (χ3v) is 6.32. The quantitative estimate of drug-likeness (QED) is 0.731. The number of hydrogen-bond donors (Lipinski definition) is 1. The highest BCUT2D eigenvalue weighted by Crippen LogP contribution is 2.43. The van der Waals surface area contributed by atoms with E-state index in [-0.39, 0.29) is 0 Å². The molecule has 21 heavy (non-hydrogen) atoms. The second-order valence-electron chi connectivity index (χ2n) is 8.96. The molecule has 4 aliphatic carbocycles. The van der Waals surface area contributed by atoms with Crippen LogP contribution in [0.25, 0.3) is 0 Å². The van der Waals surface area contributed by atoms with Gasteiger partial charge in [-0.2, -0.15) is 0 Å². The molecule has 0 spiro atoms. The lowest BCUT2D eigenvalue weighted by Crippen LogP contribution is -2.48. The minimum atomic E-state index is 0.595. The highest BCUT2D eigenvalue weighted by atomic mass is 15.2. The van der Waals surface area contributed by atoms with Gasteiger partial charge in [-0.1, -0.05) is 19.8 Å². The van der Waals surface area contributed by atoms with Crippen LogP contribution >= 0.6 is 0 Å². The summed E-state index contributed by atoms with van der Waals surface area (Å²) in [5, 5.41) is 3.89. The predicted molar refractivity (Wildman–Crippen MR) is 88.4 cm³/mol. The Balaban J connectivity index is 1.41. The Labute approximate surface area is 131 Å². The maximum absolute atomic E-state index is 3.89. The van der Waals surface area contributed by atoms with Crippen molar-refractivity contribution in [3.8, 4) is 0 Å². The lowest BCUT2D eigenvalue weighted by molar-refractivity contribution is 0.0730. The summed E-state index contributed by atoms with van der Waals surface area (Å²) in [5.74, 6) is 2.00. The fourth-order valence-electron chi connectivity index (χ4n) is 4.62. The minimum absolute atomic E-state index is 0.595. The average molecular weight is 290 g/mol. The van der Waals surface area contributed by atoms with Crippen LogP contribution in [0.1, 0.15) is 71.1 Å². The van der Waals surface area contributed by atoms with Crippen LogP contribution in [-0.2, 0) is 0 Å². The summed E-state index contributed by atoms with van der Waals surface area (Å²) in [4.78, 5) is 2.92. The summed E-state index contributed by atoms with van der Waals surface area (Å²) in [5.41, 5.74) is 0.595. The smallest absolute Gasteiger partial charge is 0.00967 e. The third-order valence-electron chi connectivity index (χ3n) is 6.32. The van der Waals surface area contributed by atoms with E-state index in [1.165, 1.54) is 83.8 Å². The Bertz CT molecular complexity index is 357. The van der Waals surface area contributed by atoms with Crippen molar-refractivity contribution in [2.24, 2.45) is 17.3 Å². The van der Waals surface area contributed by atoms with E-state index < -0.39 is 0 Å². The fraction of sp³-hybridized carbons (Fsp3) is 1.00. The molecule has 1 N–H and O–H groups in total. The molecule has 0 saturated heterocycles. The van der Waals surface area contributed by atoms with Crippen molar-refractivity contribution < 1.29 is 0 Å². The van der Waals surface area contributed by atoms with Gasteiger partial charge in [0, 0.05) is 31.7 Å². The van der Waals surface area contributed by atoms with Crippen LogP contribution in [0.5, 0.6) is 0 Å². The SMILES string of the molecule is CC1CCCC(CNC2CC2)(CN(CC2CC2)C2CC2)C1. The van der Waals surface area contributed by atoms with Gasteiger partial charge >= 0.3 is 0 Å². The molecule has 0 aromatic carbocycles. The van der Waals surface area contributed by atoms with Crippen molar-refractivity contribution in [1.82, 2.24) is 10.2 Å². The van der Waals surface area contributed by atoms with E-state index in [1.807, 2.05) is 0 Å². The van der Waals surface area contributed by atoms with E-state index >= 15 is 0 Å². The summed E-state index contributed by atoms with van der Waals surface area (Å²) < 4.78 is 0. The van der Waals surface area contributed by atoms with E-state index in [1.54, 1.807) is 0 Å². The summed E-state index contributed by atoms with van der Waals surface area (Å²) in [6, 6.07) is 1.83.